The summed E-state index contributed by atoms with van der Waals surface area (Å²) in [5, 5.41) is 7.37. The summed E-state index contributed by atoms with van der Waals surface area (Å²) < 4.78 is 1.64. The van der Waals surface area contributed by atoms with Crippen LogP contribution in [0.5, 0.6) is 0 Å². The van der Waals surface area contributed by atoms with Crippen LogP contribution in [0.15, 0.2) is 12.7 Å². The standard InChI is InChI=1S/C26H55N.C3H5N3/c1-3-5-7-9-11-13-15-17-19-21-23-25-27-26-24-22-20-18-16-14-12-10-8-6-4-2;1-6-3-4-2-5-6/h27H,3-26H2,1-2H3;2-3H,1H3. The summed E-state index contributed by atoms with van der Waals surface area (Å²) in [6.07, 6.45) is 34.9. The molecule has 1 heterocycles. The second-order valence-electron chi connectivity index (χ2n) is 9.89. The third-order valence-electron chi connectivity index (χ3n) is 6.45. The summed E-state index contributed by atoms with van der Waals surface area (Å²) in [6, 6.07) is 0. The number of nitrogens with one attached hydrogen (secondary N) is 1. The monoisotopic (exact) mass is 464 g/mol. The van der Waals surface area contributed by atoms with Crippen molar-refractivity contribution in [2.24, 2.45) is 7.05 Å². The summed E-state index contributed by atoms with van der Waals surface area (Å²) in [7, 11) is 1.83. The highest BCUT2D eigenvalue weighted by Crippen LogP contribution is 2.12. The zero-order chi connectivity index (χ0) is 24.1. The lowest BCUT2D eigenvalue weighted by Crippen LogP contribution is -2.16. The van der Waals surface area contributed by atoms with Crippen LogP contribution < -0.4 is 5.32 Å². The highest BCUT2D eigenvalue weighted by molar-refractivity contribution is 4.53. The van der Waals surface area contributed by atoms with Gasteiger partial charge in [-0.3, -0.25) is 4.68 Å². The second-order valence-corrected chi connectivity index (χ2v) is 9.89. The number of aryl methyl sites for hydroxylation is 1. The van der Waals surface area contributed by atoms with E-state index >= 15 is 0 Å². The van der Waals surface area contributed by atoms with Crippen molar-refractivity contribution in [2.45, 2.75) is 155 Å². The van der Waals surface area contributed by atoms with Crippen LogP contribution in [0.2, 0.25) is 0 Å². The molecule has 0 radical (unpaired) electrons. The Morgan fingerprint density at radius 2 is 0.848 bits per heavy atom. The van der Waals surface area contributed by atoms with Gasteiger partial charge in [0.25, 0.3) is 0 Å². The first-order valence-electron chi connectivity index (χ1n) is 14.8. The predicted molar refractivity (Wildman–Crippen MR) is 147 cm³/mol. The molecule has 0 amide bonds. The van der Waals surface area contributed by atoms with Crippen LogP contribution in [0.3, 0.4) is 0 Å². The van der Waals surface area contributed by atoms with Crippen LogP contribution in [0.4, 0.5) is 0 Å². The first kappa shape index (κ1) is 32.1. The Balaban J connectivity index is 0.00000146. The average molecular weight is 465 g/mol. The Morgan fingerprint density at radius 1 is 0.515 bits per heavy atom. The number of nitrogens with zero attached hydrogens (tertiary/aromatic N) is 3. The van der Waals surface area contributed by atoms with Gasteiger partial charge < -0.3 is 5.32 Å². The zero-order valence-electron chi connectivity index (χ0n) is 23.0. The highest BCUT2D eigenvalue weighted by Gasteiger charge is 1.95. The van der Waals surface area contributed by atoms with E-state index in [2.05, 4.69) is 29.2 Å². The van der Waals surface area contributed by atoms with Crippen molar-refractivity contribution in [1.82, 2.24) is 20.1 Å². The number of aromatic nitrogens is 3. The Labute approximate surface area is 208 Å². The molecule has 0 aliphatic heterocycles. The van der Waals surface area contributed by atoms with E-state index in [4.69, 9.17) is 0 Å². The number of rotatable bonds is 24. The van der Waals surface area contributed by atoms with E-state index in [1.165, 1.54) is 161 Å². The molecular weight excluding hydrogens is 404 g/mol. The average Bonchev–Trinajstić information content (AvgIpc) is 3.31. The second kappa shape index (κ2) is 29.1. The number of hydrogen-bond acceptors (Lipinski definition) is 3. The fourth-order valence-corrected chi connectivity index (χ4v) is 4.22. The molecule has 0 atom stereocenters. The molecule has 0 aliphatic rings. The molecule has 0 bridgehead atoms. The van der Waals surface area contributed by atoms with Crippen molar-refractivity contribution >= 4 is 0 Å². The maximum atomic E-state index is 3.72. The van der Waals surface area contributed by atoms with Crippen LogP contribution in [-0.4, -0.2) is 27.9 Å². The van der Waals surface area contributed by atoms with E-state index in [0.29, 0.717) is 0 Å². The largest absolute Gasteiger partial charge is 0.317 e. The van der Waals surface area contributed by atoms with Crippen LogP contribution in [0, 0.1) is 0 Å². The predicted octanol–water partition coefficient (Wildman–Crippen LogP) is 9.01. The van der Waals surface area contributed by atoms with Gasteiger partial charge in [-0.15, -0.1) is 0 Å². The summed E-state index contributed by atoms with van der Waals surface area (Å²) >= 11 is 0. The van der Waals surface area contributed by atoms with Crippen molar-refractivity contribution in [2.75, 3.05) is 13.1 Å². The quantitative estimate of drug-likeness (QED) is 0.155. The van der Waals surface area contributed by atoms with Gasteiger partial charge in [-0.25, -0.2) is 4.98 Å². The maximum Gasteiger partial charge on any atom is 0.137 e. The Morgan fingerprint density at radius 3 is 1.09 bits per heavy atom. The van der Waals surface area contributed by atoms with Crippen molar-refractivity contribution in [3.8, 4) is 0 Å². The van der Waals surface area contributed by atoms with Crippen molar-refractivity contribution in [3.05, 3.63) is 12.7 Å². The zero-order valence-corrected chi connectivity index (χ0v) is 23.0. The smallest absolute Gasteiger partial charge is 0.137 e. The van der Waals surface area contributed by atoms with Crippen molar-refractivity contribution in [1.29, 1.82) is 0 Å². The maximum absolute atomic E-state index is 3.72. The minimum atomic E-state index is 1.24. The fourth-order valence-electron chi connectivity index (χ4n) is 4.22. The first-order valence-corrected chi connectivity index (χ1v) is 14.8. The van der Waals surface area contributed by atoms with Gasteiger partial charge in [0.2, 0.25) is 0 Å². The summed E-state index contributed by atoms with van der Waals surface area (Å²) in [6.45, 7) is 7.09. The highest BCUT2D eigenvalue weighted by atomic mass is 15.3. The van der Waals surface area contributed by atoms with E-state index in [1.54, 1.807) is 11.0 Å². The minimum Gasteiger partial charge on any atom is -0.317 e. The SMILES string of the molecule is CCCCCCCCCCCCCNCCCCCCCCCCCCC.Cn1cncn1. The fraction of sp³-hybridized carbons (Fsp3) is 0.931. The lowest BCUT2D eigenvalue weighted by molar-refractivity contribution is 0.523. The topological polar surface area (TPSA) is 42.7 Å². The molecule has 196 valence electrons. The van der Waals surface area contributed by atoms with E-state index in [-0.39, 0.29) is 0 Å². The molecule has 0 saturated carbocycles. The Hall–Kier alpha value is -0.900. The van der Waals surface area contributed by atoms with Crippen LogP contribution in [-0.2, 0) is 7.05 Å². The third-order valence-corrected chi connectivity index (χ3v) is 6.45. The van der Waals surface area contributed by atoms with Gasteiger partial charge in [0.05, 0.1) is 0 Å². The normalized spacial score (nSPS) is 10.9. The summed E-state index contributed by atoms with van der Waals surface area (Å²) in [4.78, 5) is 3.67. The molecule has 0 fully saturated rings. The molecule has 1 N–H and O–H groups in total. The molecule has 1 aromatic heterocycles. The number of unbranched alkanes of at least 4 members (excludes halogenated alkanes) is 20. The molecule has 0 aliphatic carbocycles. The van der Waals surface area contributed by atoms with Gasteiger partial charge in [0, 0.05) is 7.05 Å². The van der Waals surface area contributed by atoms with Gasteiger partial charge >= 0.3 is 0 Å². The molecule has 1 rings (SSSR count). The third kappa shape index (κ3) is 29.1. The first-order chi connectivity index (χ1) is 16.3. The van der Waals surface area contributed by atoms with E-state index < -0.39 is 0 Å². The van der Waals surface area contributed by atoms with Crippen molar-refractivity contribution in [3.63, 3.8) is 0 Å². The molecule has 4 heteroatoms. The van der Waals surface area contributed by atoms with Crippen LogP contribution in [0.25, 0.3) is 0 Å². The molecule has 0 spiro atoms. The van der Waals surface area contributed by atoms with Gasteiger partial charge in [0.15, 0.2) is 0 Å². The van der Waals surface area contributed by atoms with E-state index in [0.717, 1.165) is 0 Å². The van der Waals surface area contributed by atoms with Gasteiger partial charge in [0.1, 0.15) is 12.7 Å². The van der Waals surface area contributed by atoms with E-state index in [9.17, 15) is 0 Å². The minimum absolute atomic E-state index is 1.24. The molecule has 0 unspecified atom stereocenters. The van der Waals surface area contributed by atoms with Crippen LogP contribution in [0.1, 0.15) is 155 Å². The van der Waals surface area contributed by atoms with Crippen LogP contribution >= 0.6 is 0 Å². The Bertz CT molecular complexity index is 409. The van der Waals surface area contributed by atoms with Gasteiger partial charge in [-0.05, 0) is 25.9 Å². The lowest BCUT2D eigenvalue weighted by atomic mass is 10.1. The lowest BCUT2D eigenvalue weighted by Gasteiger charge is -2.06. The molecular formula is C29H60N4. The molecule has 0 aromatic carbocycles. The molecule has 4 nitrogen and oxygen atoms in total. The van der Waals surface area contributed by atoms with Gasteiger partial charge in [-0.2, -0.15) is 5.10 Å². The van der Waals surface area contributed by atoms with Crippen molar-refractivity contribution < 1.29 is 0 Å². The Kier molecular flexibility index (Phi) is 28.3. The molecule has 33 heavy (non-hydrogen) atoms. The number of hydrogen-bond donors (Lipinski definition) is 1. The molecule has 1 aromatic rings. The summed E-state index contributed by atoms with van der Waals surface area (Å²) in [5.74, 6) is 0. The van der Waals surface area contributed by atoms with Gasteiger partial charge in [-0.1, -0.05) is 142 Å². The summed E-state index contributed by atoms with van der Waals surface area (Å²) in [5.41, 5.74) is 0. The van der Waals surface area contributed by atoms with E-state index in [1.807, 2.05) is 7.05 Å². The molecule has 0 saturated heterocycles.